The summed E-state index contributed by atoms with van der Waals surface area (Å²) in [5.41, 5.74) is 0. The van der Waals surface area contributed by atoms with Crippen LogP contribution in [0.2, 0.25) is 0 Å². The Balaban J connectivity index is -0.000000845. The maximum atomic E-state index is 11.1. The van der Waals surface area contributed by atoms with Crippen molar-refractivity contribution in [3.63, 3.8) is 0 Å². The number of ether oxygens (including phenoxy) is 1. The molecule has 0 aliphatic heterocycles. The third-order valence-corrected chi connectivity index (χ3v) is 8.71. The molecule has 48 heavy (non-hydrogen) atoms. The molecule has 1 atom stereocenters. The monoisotopic (exact) mass is 691 g/mol. The third-order valence-electron chi connectivity index (χ3n) is 8.71. The number of aliphatic hydroxyl groups is 1. The first-order chi connectivity index (χ1) is 22.8. The number of carbonyl (C=O) groups excluding carboxylic acids is 2. The van der Waals surface area contributed by atoms with Gasteiger partial charge in [-0.3, -0.25) is 0 Å². The van der Waals surface area contributed by atoms with Crippen molar-refractivity contribution in [1.82, 2.24) is 0 Å². The number of hydrogen-bond acceptors (Lipinski definition) is 6. The second-order valence-corrected chi connectivity index (χ2v) is 13.4. The van der Waals surface area contributed by atoms with Crippen LogP contribution in [0.1, 0.15) is 213 Å². The second kappa shape index (κ2) is 44.1. The summed E-state index contributed by atoms with van der Waals surface area (Å²) < 4.78 is 4.89. The molecule has 278 valence electrons. The molecule has 0 aliphatic carbocycles. The average molecular weight is 691 g/mol. The normalized spacial score (nSPS) is 11.5. The molecule has 0 aromatic carbocycles. The summed E-state index contributed by atoms with van der Waals surface area (Å²) in [5.74, 6) is -3.09. The van der Waals surface area contributed by atoms with Crippen molar-refractivity contribution in [2.75, 3.05) is 6.61 Å². The van der Waals surface area contributed by atoms with Crippen LogP contribution in [0.4, 0.5) is 0 Å². The Morgan fingerprint density at radius 2 is 0.812 bits per heavy atom. The van der Waals surface area contributed by atoms with Crippen LogP contribution >= 0.6 is 0 Å². The summed E-state index contributed by atoms with van der Waals surface area (Å²) in [6.07, 6.45) is 39.7. The molecule has 0 radical (unpaired) electrons. The van der Waals surface area contributed by atoms with Crippen LogP contribution in [0.15, 0.2) is 12.2 Å². The van der Waals surface area contributed by atoms with Crippen molar-refractivity contribution >= 4 is 17.9 Å². The Morgan fingerprint density at radius 1 is 0.521 bits per heavy atom. The molecule has 0 heterocycles. The summed E-state index contributed by atoms with van der Waals surface area (Å²) in [5, 5.41) is 27.8. The molecule has 0 amide bonds. The summed E-state index contributed by atoms with van der Waals surface area (Å²) in [4.78, 5) is 31.7. The molecule has 0 rings (SSSR count). The number of esters is 1. The van der Waals surface area contributed by atoms with Crippen molar-refractivity contribution in [3.8, 4) is 0 Å². The summed E-state index contributed by atoms with van der Waals surface area (Å²) in [7, 11) is 0. The smallest absolute Gasteiger partial charge is 0.545 e. The average Bonchev–Trinajstić information content (AvgIpc) is 3.05. The number of hydrogen-bond donors (Lipinski definition) is 2. The molecule has 0 fully saturated rings. The molecular weight excluding hydrogens is 615 g/mol. The van der Waals surface area contributed by atoms with Gasteiger partial charge in [-0.1, -0.05) is 200 Å². The molecule has 0 aromatic rings. The minimum atomic E-state index is -1.38. The van der Waals surface area contributed by atoms with E-state index in [2.05, 4.69) is 13.8 Å². The zero-order valence-corrected chi connectivity index (χ0v) is 33.8. The fourth-order valence-corrected chi connectivity index (χ4v) is 5.66. The van der Waals surface area contributed by atoms with E-state index in [1.54, 1.807) is 0 Å². The van der Waals surface area contributed by atoms with E-state index in [1.807, 2.05) is 0 Å². The molecule has 2 N–H and O–H groups in total. The predicted octanol–water partition coefficient (Wildman–Crippen LogP) is 7.40. The first-order valence-electron chi connectivity index (χ1n) is 19.8. The third kappa shape index (κ3) is 47.2. The zero-order valence-electron chi connectivity index (χ0n) is 31.8. The summed E-state index contributed by atoms with van der Waals surface area (Å²) >= 11 is 0. The Kier molecular flexibility index (Phi) is 47.3. The maximum Gasteiger partial charge on any atom is 1.00 e. The number of aliphatic hydroxyl groups excluding tert-OH is 1. The van der Waals surface area contributed by atoms with E-state index in [4.69, 9.17) is 14.9 Å². The fourth-order valence-electron chi connectivity index (χ4n) is 5.66. The predicted molar refractivity (Wildman–Crippen MR) is 193 cm³/mol. The fraction of sp³-hybridized carbons (Fsp3) is 0.875. The van der Waals surface area contributed by atoms with Gasteiger partial charge >= 0.3 is 41.5 Å². The standard InChI is InChI=1S/C22H40O4.C18H36O3.Na/c1-2-3-4-5-6-7-8-9-10-11-12-13-14-15-16-17-20-26-22(25)19-18-21(23)24;1-2-3-4-5-6-7-8-9-10-11-12-13-14-15-16-17(19)18(20)21;/h18-19H,2-17,20H2,1H3,(H,23,24);17,19H,2-16H2,1H3,(H,20,21);/q;;+1/p-1/b19-18+;;. The number of rotatable bonds is 35. The van der Waals surface area contributed by atoms with Crippen LogP contribution in [-0.4, -0.2) is 40.8 Å². The Labute approximate surface area is 318 Å². The van der Waals surface area contributed by atoms with E-state index in [9.17, 15) is 19.5 Å². The first kappa shape index (κ1) is 51.5. The van der Waals surface area contributed by atoms with E-state index in [0.717, 1.165) is 31.8 Å². The van der Waals surface area contributed by atoms with Crippen LogP contribution in [0.3, 0.4) is 0 Å². The Hall–Kier alpha value is -0.890. The zero-order chi connectivity index (χ0) is 35.1. The van der Waals surface area contributed by atoms with Gasteiger partial charge in [0.15, 0.2) is 6.10 Å². The van der Waals surface area contributed by atoms with Crippen molar-refractivity contribution < 1.29 is 64.0 Å². The quantitative estimate of drug-likeness (QED) is 0.0307. The molecule has 0 aromatic heterocycles. The minimum Gasteiger partial charge on any atom is -0.545 e. The molecule has 0 bridgehead atoms. The van der Waals surface area contributed by atoms with Crippen LogP contribution in [0.25, 0.3) is 0 Å². The molecule has 1 unspecified atom stereocenters. The molecule has 0 spiro atoms. The topological polar surface area (TPSA) is 124 Å². The molecule has 0 aliphatic rings. The van der Waals surface area contributed by atoms with Gasteiger partial charge in [-0.05, 0) is 18.9 Å². The van der Waals surface area contributed by atoms with Gasteiger partial charge in [-0.2, -0.15) is 0 Å². The van der Waals surface area contributed by atoms with Gasteiger partial charge < -0.3 is 24.9 Å². The van der Waals surface area contributed by atoms with Crippen molar-refractivity contribution in [1.29, 1.82) is 0 Å². The first-order valence-corrected chi connectivity index (χ1v) is 19.8. The van der Waals surface area contributed by atoms with Crippen LogP contribution in [0.5, 0.6) is 0 Å². The number of carboxylic acid groups (broad SMARTS) is 2. The van der Waals surface area contributed by atoms with E-state index in [1.165, 1.54) is 167 Å². The van der Waals surface area contributed by atoms with E-state index in [0.29, 0.717) is 19.1 Å². The van der Waals surface area contributed by atoms with Crippen molar-refractivity contribution in [3.05, 3.63) is 12.2 Å². The van der Waals surface area contributed by atoms with Gasteiger partial charge in [0.2, 0.25) is 0 Å². The summed E-state index contributed by atoms with van der Waals surface area (Å²) in [6, 6.07) is 0. The molecular formula is C40H75NaO7. The molecule has 0 saturated carbocycles. The Morgan fingerprint density at radius 3 is 1.10 bits per heavy atom. The largest absolute Gasteiger partial charge is 1.00 e. The van der Waals surface area contributed by atoms with Crippen molar-refractivity contribution in [2.24, 2.45) is 0 Å². The van der Waals surface area contributed by atoms with Crippen LogP contribution < -0.4 is 34.7 Å². The minimum absolute atomic E-state index is 0. The molecule has 0 saturated heterocycles. The number of unbranched alkanes of at least 4 members (excludes halogenated alkanes) is 28. The van der Waals surface area contributed by atoms with Gasteiger partial charge in [0.25, 0.3) is 0 Å². The molecule has 8 heteroatoms. The Bertz CT molecular complexity index is 714. The number of aliphatic carboxylic acids is 2. The summed E-state index contributed by atoms with van der Waals surface area (Å²) in [6.45, 7) is 4.88. The van der Waals surface area contributed by atoms with Gasteiger partial charge in [0.05, 0.1) is 12.6 Å². The van der Waals surface area contributed by atoms with Gasteiger partial charge in [0.1, 0.15) is 0 Å². The van der Waals surface area contributed by atoms with Gasteiger partial charge in [-0.15, -0.1) is 0 Å². The van der Waals surface area contributed by atoms with Crippen molar-refractivity contribution in [2.45, 2.75) is 219 Å². The van der Waals surface area contributed by atoms with Gasteiger partial charge in [-0.25, -0.2) is 9.59 Å². The number of carboxylic acids is 2. The number of carbonyl (C=O) groups is 3. The van der Waals surface area contributed by atoms with Crippen LogP contribution in [0, 0.1) is 0 Å². The second-order valence-electron chi connectivity index (χ2n) is 13.4. The van der Waals surface area contributed by atoms with E-state index < -0.39 is 24.0 Å². The van der Waals surface area contributed by atoms with E-state index in [-0.39, 0.29) is 29.6 Å². The maximum absolute atomic E-state index is 11.1. The van der Waals surface area contributed by atoms with E-state index >= 15 is 0 Å². The van der Waals surface area contributed by atoms with Gasteiger partial charge in [0, 0.05) is 6.08 Å². The molecule has 7 nitrogen and oxygen atoms in total. The SMILES string of the molecule is CCCCCCCCCCCCCCCCC(O)C(=O)O.CCCCCCCCCCCCCCCCCCOC(=O)/C=C/C(=O)[O-].[Na+]. The van der Waals surface area contributed by atoms with Crippen LogP contribution in [-0.2, 0) is 19.1 Å².